The van der Waals surface area contributed by atoms with Crippen LogP contribution >= 0.6 is 0 Å². The maximum atomic E-state index is 13.2. The van der Waals surface area contributed by atoms with Gasteiger partial charge in [0, 0.05) is 55.6 Å². The molecule has 4 heterocycles. The number of hydrogen-bond acceptors (Lipinski definition) is 7. The zero-order valence-corrected chi connectivity index (χ0v) is 17.9. The van der Waals surface area contributed by atoms with Gasteiger partial charge in [-0.15, -0.1) is 0 Å². The number of hydrogen-bond donors (Lipinski definition) is 0. The van der Waals surface area contributed by atoms with E-state index in [1.54, 1.807) is 37.1 Å². The number of amides is 1. The highest BCUT2D eigenvalue weighted by molar-refractivity contribution is 5.94. The SMILES string of the molecule is O=C(c1ccc(-c2cncnc2)nc1)N1CCC[C@H](c2nccnc2Oc2ccccc2)C1. The van der Waals surface area contributed by atoms with Gasteiger partial charge < -0.3 is 9.64 Å². The van der Waals surface area contributed by atoms with Gasteiger partial charge in [0.2, 0.25) is 5.88 Å². The molecular weight excluding hydrogens is 416 g/mol. The Bertz CT molecular complexity index is 1220. The van der Waals surface area contributed by atoms with Crippen LogP contribution in [0.5, 0.6) is 11.6 Å². The normalized spacial score (nSPS) is 15.8. The van der Waals surface area contributed by atoms with Crippen LogP contribution < -0.4 is 4.74 Å². The summed E-state index contributed by atoms with van der Waals surface area (Å²) in [5, 5.41) is 0. The molecule has 0 bridgehead atoms. The van der Waals surface area contributed by atoms with Crippen LogP contribution in [-0.2, 0) is 0 Å². The standard InChI is InChI=1S/C25H22N6O2/c32-25(18-8-9-22(30-15-18)20-13-26-17-27-14-20)31-12-4-5-19(16-31)23-24(29-11-10-28-23)33-21-6-2-1-3-7-21/h1-3,6-11,13-15,17,19H,4-5,12,16H2/t19-/m0/s1. The van der Waals surface area contributed by atoms with Gasteiger partial charge in [0.15, 0.2) is 0 Å². The number of para-hydroxylation sites is 1. The van der Waals surface area contributed by atoms with Crippen LogP contribution in [0.1, 0.15) is 34.8 Å². The number of rotatable bonds is 5. The summed E-state index contributed by atoms with van der Waals surface area (Å²) in [4.78, 5) is 36.5. The first kappa shape index (κ1) is 20.7. The number of carbonyl (C=O) groups excluding carboxylic acids is 1. The molecule has 5 rings (SSSR count). The smallest absolute Gasteiger partial charge is 0.255 e. The second kappa shape index (κ2) is 9.52. The molecule has 1 atom stereocenters. The Labute approximate surface area is 191 Å². The van der Waals surface area contributed by atoms with Crippen molar-refractivity contribution in [2.75, 3.05) is 13.1 Å². The zero-order valence-electron chi connectivity index (χ0n) is 17.9. The second-order valence-corrected chi connectivity index (χ2v) is 7.81. The van der Waals surface area contributed by atoms with E-state index in [-0.39, 0.29) is 11.8 Å². The van der Waals surface area contributed by atoms with Crippen molar-refractivity contribution in [3.63, 3.8) is 0 Å². The zero-order chi connectivity index (χ0) is 22.5. The molecule has 0 spiro atoms. The highest BCUT2D eigenvalue weighted by Crippen LogP contribution is 2.33. The predicted octanol–water partition coefficient (Wildman–Crippen LogP) is 4.14. The summed E-state index contributed by atoms with van der Waals surface area (Å²) in [6.07, 6.45) is 11.6. The highest BCUT2D eigenvalue weighted by Gasteiger charge is 2.29. The van der Waals surface area contributed by atoms with E-state index in [1.807, 2.05) is 41.3 Å². The van der Waals surface area contributed by atoms with Gasteiger partial charge in [0.1, 0.15) is 17.8 Å². The minimum atomic E-state index is -0.0440. The van der Waals surface area contributed by atoms with E-state index in [0.29, 0.717) is 30.3 Å². The molecule has 0 unspecified atom stereocenters. The van der Waals surface area contributed by atoms with Gasteiger partial charge in [-0.25, -0.2) is 15.0 Å². The molecule has 164 valence electrons. The van der Waals surface area contributed by atoms with E-state index >= 15 is 0 Å². The first-order chi connectivity index (χ1) is 16.3. The third kappa shape index (κ3) is 4.69. The molecule has 33 heavy (non-hydrogen) atoms. The molecule has 1 amide bonds. The van der Waals surface area contributed by atoms with Crippen LogP contribution in [0.25, 0.3) is 11.3 Å². The summed E-state index contributed by atoms with van der Waals surface area (Å²) in [7, 11) is 0. The van der Waals surface area contributed by atoms with Crippen molar-refractivity contribution >= 4 is 5.91 Å². The van der Waals surface area contributed by atoms with E-state index in [1.165, 1.54) is 6.33 Å². The molecule has 0 N–H and O–H groups in total. The fourth-order valence-electron chi connectivity index (χ4n) is 3.98. The van der Waals surface area contributed by atoms with Crippen molar-refractivity contribution in [1.29, 1.82) is 0 Å². The molecule has 3 aromatic heterocycles. The molecule has 1 fully saturated rings. The maximum Gasteiger partial charge on any atom is 0.255 e. The quantitative estimate of drug-likeness (QED) is 0.462. The molecule has 4 aromatic rings. The first-order valence-electron chi connectivity index (χ1n) is 10.8. The monoisotopic (exact) mass is 438 g/mol. The van der Waals surface area contributed by atoms with Gasteiger partial charge in [-0.05, 0) is 37.1 Å². The summed E-state index contributed by atoms with van der Waals surface area (Å²) in [6.45, 7) is 1.25. The fourth-order valence-corrected chi connectivity index (χ4v) is 3.98. The van der Waals surface area contributed by atoms with Gasteiger partial charge >= 0.3 is 0 Å². The van der Waals surface area contributed by atoms with Gasteiger partial charge in [-0.1, -0.05) is 18.2 Å². The van der Waals surface area contributed by atoms with Crippen molar-refractivity contribution in [3.8, 4) is 22.9 Å². The Morgan fingerprint density at radius 1 is 0.939 bits per heavy atom. The minimum absolute atomic E-state index is 0.0440. The van der Waals surface area contributed by atoms with Crippen LogP contribution in [-0.4, -0.2) is 48.8 Å². The van der Waals surface area contributed by atoms with E-state index in [9.17, 15) is 4.79 Å². The molecule has 0 saturated carbocycles. The summed E-state index contributed by atoms with van der Waals surface area (Å²) in [5.74, 6) is 1.19. The fraction of sp³-hybridized carbons (Fsp3) is 0.200. The number of ether oxygens (including phenoxy) is 1. The van der Waals surface area contributed by atoms with Crippen LogP contribution in [0.4, 0.5) is 0 Å². The van der Waals surface area contributed by atoms with Gasteiger partial charge in [-0.2, -0.15) is 0 Å². The van der Waals surface area contributed by atoms with Crippen LogP contribution in [0.3, 0.4) is 0 Å². The molecular formula is C25H22N6O2. The Balaban J connectivity index is 1.32. The Hall–Kier alpha value is -4.20. The summed E-state index contributed by atoms with van der Waals surface area (Å²) >= 11 is 0. The second-order valence-electron chi connectivity index (χ2n) is 7.81. The summed E-state index contributed by atoms with van der Waals surface area (Å²) in [6, 6.07) is 13.1. The van der Waals surface area contributed by atoms with Crippen molar-refractivity contribution < 1.29 is 9.53 Å². The predicted molar refractivity (Wildman–Crippen MR) is 122 cm³/mol. The molecule has 8 heteroatoms. The molecule has 0 radical (unpaired) electrons. The minimum Gasteiger partial charge on any atom is -0.437 e. The first-order valence-corrected chi connectivity index (χ1v) is 10.8. The third-order valence-electron chi connectivity index (χ3n) is 5.61. The topological polar surface area (TPSA) is 94.0 Å². The van der Waals surface area contributed by atoms with Crippen LogP contribution in [0.15, 0.2) is 79.8 Å². The van der Waals surface area contributed by atoms with Crippen LogP contribution in [0.2, 0.25) is 0 Å². The van der Waals surface area contributed by atoms with E-state index in [0.717, 1.165) is 29.8 Å². The number of pyridine rings is 1. The van der Waals surface area contributed by atoms with Crippen molar-refractivity contribution in [1.82, 2.24) is 29.8 Å². The van der Waals surface area contributed by atoms with E-state index in [4.69, 9.17) is 4.74 Å². The lowest BCUT2D eigenvalue weighted by atomic mass is 9.94. The molecule has 1 aromatic carbocycles. The largest absolute Gasteiger partial charge is 0.437 e. The molecule has 0 aliphatic carbocycles. The average molecular weight is 438 g/mol. The van der Waals surface area contributed by atoms with Crippen molar-refractivity contribution in [3.05, 3.63) is 91.0 Å². The van der Waals surface area contributed by atoms with Crippen LogP contribution in [0, 0.1) is 0 Å². The molecule has 1 aliphatic heterocycles. The lowest BCUT2D eigenvalue weighted by Crippen LogP contribution is -2.39. The number of likely N-dealkylation sites (tertiary alicyclic amines) is 1. The highest BCUT2D eigenvalue weighted by atomic mass is 16.5. The number of nitrogens with zero attached hydrogens (tertiary/aromatic N) is 6. The number of piperidine rings is 1. The number of aromatic nitrogens is 5. The lowest BCUT2D eigenvalue weighted by Gasteiger charge is -2.32. The van der Waals surface area contributed by atoms with E-state index in [2.05, 4.69) is 24.9 Å². The Kier molecular flexibility index (Phi) is 5.97. The van der Waals surface area contributed by atoms with Gasteiger partial charge in [0.25, 0.3) is 5.91 Å². The van der Waals surface area contributed by atoms with Gasteiger partial charge in [-0.3, -0.25) is 14.8 Å². The average Bonchev–Trinajstić information content (AvgIpc) is 2.90. The summed E-state index contributed by atoms with van der Waals surface area (Å²) in [5.41, 5.74) is 2.86. The lowest BCUT2D eigenvalue weighted by molar-refractivity contribution is 0.0704. The van der Waals surface area contributed by atoms with Gasteiger partial charge in [0.05, 0.1) is 11.3 Å². The summed E-state index contributed by atoms with van der Waals surface area (Å²) < 4.78 is 6.00. The number of benzene rings is 1. The number of carbonyl (C=O) groups is 1. The molecule has 8 nitrogen and oxygen atoms in total. The third-order valence-corrected chi connectivity index (χ3v) is 5.61. The Morgan fingerprint density at radius 3 is 2.55 bits per heavy atom. The van der Waals surface area contributed by atoms with E-state index < -0.39 is 0 Å². The van der Waals surface area contributed by atoms with Crippen molar-refractivity contribution in [2.24, 2.45) is 0 Å². The Morgan fingerprint density at radius 2 is 1.76 bits per heavy atom. The maximum absolute atomic E-state index is 13.2. The molecule has 1 saturated heterocycles. The molecule has 1 aliphatic rings. The van der Waals surface area contributed by atoms with Crippen molar-refractivity contribution in [2.45, 2.75) is 18.8 Å².